The van der Waals surface area contributed by atoms with Gasteiger partial charge in [0, 0.05) is 29.6 Å². The van der Waals surface area contributed by atoms with E-state index in [0.29, 0.717) is 0 Å². The standard InChI is InChI=1S/C3H5ClO2.Na/c1-2(4)3(5)6;/h2H,1H3,(H,5,6);/t2-;/m0./s1. The van der Waals surface area contributed by atoms with E-state index in [2.05, 4.69) is 0 Å². The Morgan fingerprint density at radius 3 is 2.00 bits per heavy atom. The minimum absolute atomic E-state index is 0. The van der Waals surface area contributed by atoms with Crippen molar-refractivity contribution in [2.45, 2.75) is 12.3 Å². The molecule has 1 N–H and O–H groups in total. The van der Waals surface area contributed by atoms with Gasteiger partial charge in [-0.15, -0.1) is 11.6 Å². The molecule has 2 nitrogen and oxygen atoms in total. The molecule has 1 atom stereocenters. The molecule has 0 bridgehead atoms. The minimum atomic E-state index is -0.975. The molecule has 0 saturated carbocycles. The van der Waals surface area contributed by atoms with Crippen molar-refractivity contribution in [1.29, 1.82) is 0 Å². The van der Waals surface area contributed by atoms with Crippen LogP contribution in [-0.2, 0) is 4.79 Å². The van der Waals surface area contributed by atoms with E-state index >= 15 is 0 Å². The van der Waals surface area contributed by atoms with Crippen LogP contribution in [0.3, 0.4) is 0 Å². The van der Waals surface area contributed by atoms with Gasteiger partial charge in [-0.2, -0.15) is 0 Å². The van der Waals surface area contributed by atoms with Crippen molar-refractivity contribution in [3.05, 3.63) is 0 Å². The van der Waals surface area contributed by atoms with Gasteiger partial charge in [-0.25, -0.2) is 0 Å². The summed E-state index contributed by atoms with van der Waals surface area (Å²) < 4.78 is 0. The van der Waals surface area contributed by atoms with Crippen LogP contribution in [0.4, 0.5) is 0 Å². The van der Waals surface area contributed by atoms with Crippen molar-refractivity contribution in [2.24, 2.45) is 0 Å². The zero-order chi connectivity index (χ0) is 5.15. The second kappa shape index (κ2) is 4.91. The van der Waals surface area contributed by atoms with Gasteiger partial charge in [0.2, 0.25) is 0 Å². The van der Waals surface area contributed by atoms with Gasteiger partial charge >= 0.3 is 5.97 Å². The number of rotatable bonds is 1. The number of alkyl halides is 1. The molecular formula is C3H5ClNaO2. The number of hydrogen-bond acceptors (Lipinski definition) is 1. The summed E-state index contributed by atoms with van der Waals surface area (Å²) in [6, 6.07) is 0. The maximum absolute atomic E-state index is 9.57. The van der Waals surface area contributed by atoms with E-state index in [-0.39, 0.29) is 29.6 Å². The second-order valence-electron chi connectivity index (χ2n) is 0.954. The van der Waals surface area contributed by atoms with E-state index in [4.69, 9.17) is 16.7 Å². The van der Waals surface area contributed by atoms with E-state index < -0.39 is 11.3 Å². The molecule has 4 heteroatoms. The SMILES string of the molecule is C[C@H](Cl)C(=O)O.[Na]. The third-order valence-corrected chi connectivity index (χ3v) is 0.527. The van der Waals surface area contributed by atoms with Gasteiger partial charge < -0.3 is 5.11 Å². The van der Waals surface area contributed by atoms with Crippen LogP contribution in [0.15, 0.2) is 0 Å². The van der Waals surface area contributed by atoms with Gasteiger partial charge in [0.15, 0.2) is 0 Å². The van der Waals surface area contributed by atoms with Crippen LogP contribution < -0.4 is 0 Å². The van der Waals surface area contributed by atoms with Crippen molar-refractivity contribution in [2.75, 3.05) is 0 Å². The smallest absolute Gasteiger partial charge is 0.321 e. The number of halogens is 1. The molecule has 0 aliphatic carbocycles. The largest absolute Gasteiger partial charge is 0.480 e. The van der Waals surface area contributed by atoms with Gasteiger partial charge in [-0.1, -0.05) is 0 Å². The Bertz CT molecular complexity index is 64.0. The van der Waals surface area contributed by atoms with Gasteiger partial charge in [0.25, 0.3) is 0 Å². The Balaban J connectivity index is 0. The molecule has 0 aliphatic rings. The summed E-state index contributed by atoms with van der Waals surface area (Å²) in [5, 5.41) is 7.10. The molecule has 0 aliphatic heterocycles. The molecule has 0 heterocycles. The van der Waals surface area contributed by atoms with E-state index in [9.17, 15) is 4.79 Å². The van der Waals surface area contributed by atoms with Gasteiger partial charge in [-0.05, 0) is 6.92 Å². The van der Waals surface area contributed by atoms with Crippen LogP contribution in [0.5, 0.6) is 0 Å². The third-order valence-electron chi connectivity index (χ3n) is 0.340. The average Bonchev–Trinajstić information content (AvgIpc) is 1.36. The maximum atomic E-state index is 9.57. The molecule has 37 valence electrons. The van der Waals surface area contributed by atoms with Crippen LogP contribution in [0, 0.1) is 0 Å². The summed E-state index contributed by atoms with van der Waals surface area (Å²) >= 11 is 5.01. The minimum Gasteiger partial charge on any atom is -0.480 e. The van der Waals surface area contributed by atoms with Gasteiger partial charge in [0.05, 0.1) is 0 Å². The van der Waals surface area contributed by atoms with Crippen molar-refractivity contribution in [3.63, 3.8) is 0 Å². The fourth-order valence-corrected chi connectivity index (χ4v) is 0. The summed E-state index contributed by atoms with van der Waals surface area (Å²) in [4.78, 5) is 9.57. The molecule has 0 fully saturated rings. The summed E-state index contributed by atoms with van der Waals surface area (Å²) in [6.07, 6.45) is 0. The number of carboxylic acid groups (broad SMARTS) is 1. The van der Waals surface area contributed by atoms with Crippen molar-refractivity contribution < 1.29 is 9.90 Å². The molecule has 0 aromatic carbocycles. The molecule has 7 heavy (non-hydrogen) atoms. The molecule has 0 aromatic heterocycles. The summed E-state index contributed by atoms with van der Waals surface area (Å²) in [7, 11) is 0. The Hall–Kier alpha value is 0.760. The molecule has 0 rings (SSSR count). The number of carboxylic acids is 1. The van der Waals surface area contributed by atoms with Gasteiger partial charge in [0.1, 0.15) is 5.38 Å². The van der Waals surface area contributed by atoms with Crippen LogP contribution in [0.25, 0.3) is 0 Å². The Morgan fingerprint density at radius 2 is 2.00 bits per heavy atom. The summed E-state index contributed by atoms with van der Waals surface area (Å²) in [6.45, 7) is 1.41. The second-order valence-corrected chi connectivity index (χ2v) is 1.61. The Labute approximate surface area is 69.1 Å². The van der Waals surface area contributed by atoms with E-state index in [1.807, 2.05) is 0 Å². The molecule has 0 spiro atoms. The normalized spacial score (nSPS) is 11.7. The number of aliphatic carboxylic acids is 1. The van der Waals surface area contributed by atoms with Crippen LogP contribution >= 0.6 is 11.6 Å². The maximum Gasteiger partial charge on any atom is 0.321 e. The van der Waals surface area contributed by atoms with Crippen molar-refractivity contribution in [1.82, 2.24) is 0 Å². The average molecular weight is 132 g/mol. The molecule has 0 saturated heterocycles. The summed E-state index contributed by atoms with van der Waals surface area (Å²) in [5.74, 6) is -0.975. The quantitative estimate of drug-likeness (QED) is 0.411. The summed E-state index contributed by atoms with van der Waals surface area (Å²) in [5.41, 5.74) is 0. The van der Waals surface area contributed by atoms with Crippen molar-refractivity contribution >= 4 is 47.1 Å². The number of carbonyl (C=O) groups is 1. The predicted molar refractivity (Wildman–Crippen MR) is 28.7 cm³/mol. The van der Waals surface area contributed by atoms with Crippen LogP contribution in [0.2, 0.25) is 0 Å². The first kappa shape index (κ1) is 10.7. The fraction of sp³-hybridized carbons (Fsp3) is 0.667. The predicted octanol–water partition coefficient (Wildman–Crippen LogP) is 0.318. The van der Waals surface area contributed by atoms with E-state index in [1.165, 1.54) is 6.92 Å². The first-order valence-corrected chi connectivity index (χ1v) is 1.95. The van der Waals surface area contributed by atoms with Gasteiger partial charge in [-0.3, -0.25) is 4.79 Å². The zero-order valence-corrected chi connectivity index (χ0v) is 7.07. The molecular weight excluding hydrogens is 126 g/mol. The van der Waals surface area contributed by atoms with E-state index in [0.717, 1.165) is 0 Å². The van der Waals surface area contributed by atoms with E-state index in [1.54, 1.807) is 0 Å². The first-order valence-electron chi connectivity index (χ1n) is 1.51. The number of hydrogen-bond donors (Lipinski definition) is 1. The third kappa shape index (κ3) is 6.76. The van der Waals surface area contributed by atoms with Crippen molar-refractivity contribution in [3.8, 4) is 0 Å². The zero-order valence-electron chi connectivity index (χ0n) is 4.31. The molecule has 0 amide bonds. The molecule has 0 unspecified atom stereocenters. The Morgan fingerprint density at radius 1 is 1.86 bits per heavy atom. The molecule has 1 radical (unpaired) electrons. The van der Waals surface area contributed by atoms with Crippen LogP contribution in [-0.4, -0.2) is 46.0 Å². The Kier molecular flexibility index (Phi) is 7.49. The first-order chi connectivity index (χ1) is 2.64. The topological polar surface area (TPSA) is 37.3 Å². The monoisotopic (exact) mass is 131 g/mol. The molecule has 0 aromatic rings. The van der Waals surface area contributed by atoms with Crippen LogP contribution in [0.1, 0.15) is 6.92 Å². The fourth-order valence-electron chi connectivity index (χ4n) is 0.